The van der Waals surface area contributed by atoms with Crippen LogP contribution in [0.4, 0.5) is 0 Å². The number of thiophene rings is 1. The van der Waals surface area contributed by atoms with Crippen molar-refractivity contribution in [3.8, 4) is 0 Å². The number of carbonyl (C=O) groups is 3. The number of rotatable bonds is 5. The number of quaternary nitrogens is 1. The Bertz CT molecular complexity index is 898. The molecule has 6 nitrogen and oxygen atoms in total. The van der Waals surface area contributed by atoms with E-state index in [0.29, 0.717) is 6.42 Å². The maximum atomic E-state index is 13.3. The van der Waals surface area contributed by atoms with Gasteiger partial charge in [-0.3, -0.25) is 14.5 Å². The van der Waals surface area contributed by atoms with Crippen molar-refractivity contribution in [2.45, 2.75) is 24.9 Å². The minimum atomic E-state index is -1.16. The molecule has 0 saturated carbocycles. The number of esters is 1. The molecule has 2 aliphatic rings. The lowest BCUT2D eigenvalue weighted by atomic mass is 9.76. The second kappa shape index (κ2) is 7.14. The van der Waals surface area contributed by atoms with Gasteiger partial charge < -0.3 is 10.1 Å². The molecular weight excluding hydrogens is 376 g/mol. The van der Waals surface area contributed by atoms with E-state index in [9.17, 15) is 14.4 Å². The molecule has 2 saturated heterocycles. The zero-order valence-corrected chi connectivity index (χ0v) is 16.6. The second-order valence-electron chi connectivity index (χ2n) is 7.37. The number of carbonyl (C=O) groups excluding carboxylic acids is 3. The van der Waals surface area contributed by atoms with Gasteiger partial charge in [-0.05, 0) is 23.9 Å². The Labute approximate surface area is 167 Å². The van der Waals surface area contributed by atoms with Crippen LogP contribution in [0.5, 0.6) is 0 Å². The molecule has 7 heteroatoms. The van der Waals surface area contributed by atoms with Gasteiger partial charge in [0.05, 0.1) is 11.5 Å². The average Bonchev–Trinajstić information content (AvgIpc) is 3.38. The Kier molecular flexibility index (Phi) is 4.81. The SMILES string of the molecule is CCOC(=O)[C@]1(Cc2ccccc2)[NH2+][C@@H](c2cccs2)[C@H]2C(=O)N(C)C(=O)[C@@H]21. The van der Waals surface area contributed by atoms with Crippen molar-refractivity contribution in [3.63, 3.8) is 0 Å². The van der Waals surface area contributed by atoms with Crippen LogP contribution in [0, 0.1) is 11.8 Å². The molecule has 2 aliphatic heterocycles. The van der Waals surface area contributed by atoms with Crippen molar-refractivity contribution >= 4 is 29.1 Å². The third-order valence-corrected chi connectivity index (χ3v) is 6.83. The summed E-state index contributed by atoms with van der Waals surface area (Å²) in [5.74, 6) is -2.25. The summed E-state index contributed by atoms with van der Waals surface area (Å²) in [6.45, 7) is 1.98. The molecule has 1 aromatic carbocycles. The summed E-state index contributed by atoms with van der Waals surface area (Å²) < 4.78 is 5.45. The number of amides is 2. The van der Waals surface area contributed by atoms with E-state index in [4.69, 9.17) is 4.74 Å². The number of hydrogen-bond acceptors (Lipinski definition) is 5. The summed E-state index contributed by atoms with van der Waals surface area (Å²) in [6.07, 6.45) is 0.336. The highest BCUT2D eigenvalue weighted by atomic mass is 32.1. The van der Waals surface area contributed by atoms with Gasteiger partial charge in [-0.1, -0.05) is 36.4 Å². The fraction of sp³-hybridized carbons (Fsp3) is 0.381. The highest BCUT2D eigenvalue weighted by Gasteiger charge is 2.72. The van der Waals surface area contributed by atoms with Crippen molar-refractivity contribution in [1.29, 1.82) is 0 Å². The van der Waals surface area contributed by atoms with Crippen LogP contribution in [0.3, 0.4) is 0 Å². The molecule has 2 amide bonds. The van der Waals surface area contributed by atoms with Crippen LogP contribution in [-0.2, 0) is 25.5 Å². The van der Waals surface area contributed by atoms with E-state index >= 15 is 0 Å². The smallest absolute Gasteiger partial charge is 0.369 e. The fourth-order valence-electron chi connectivity index (χ4n) is 4.64. The lowest BCUT2D eigenvalue weighted by Gasteiger charge is -2.29. The predicted molar refractivity (Wildman–Crippen MR) is 103 cm³/mol. The van der Waals surface area contributed by atoms with E-state index in [1.807, 2.05) is 53.2 Å². The molecule has 146 valence electrons. The molecule has 4 atom stereocenters. The fourth-order valence-corrected chi connectivity index (χ4v) is 5.48. The molecule has 3 heterocycles. The van der Waals surface area contributed by atoms with Crippen LogP contribution in [0.2, 0.25) is 0 Å². The van der Waals surface area contributed by atoms with Gasteiger partial charge in [-0.15, -0.1) is 11.3 Å². The monoisotopic (exact) mass is 399 g/mol. The Balaban J connectivity index is 1.85. The van der Waals surface area contributed by atoms with E-state index in [2.05, 4.69) is 0 Å². The van der Waals surface area contributed by atoms with Crippen LogP contribution in [-0.4, -0.2) is 41.9 Å². The summed E-state index contributed by atoms with van der Waals surface area (Å²) in [7, 11) is 1.51. The zero-order valence-electron chi connectivity index (χ0n) is 15.8. The third-order valence-electron chi connectivity index (χ3n) is 5.86. The van der Waals surface area contributed by atoms with Crippen molar-refractivity contribution in [2.75, 3.05) is 13.7 Å². The van der Waals surface area contributed by atoms with Gasteiger partial charge >= 0.3 is 5.97 Å². The van der Waals surface area contributed by atoms with E-state index in [1.54, 1.807) is 18.3 Å². The standard InChI is InChI=1S/C21H22N2O4S/c1-3-27-20(26)21(12-13-8-5-4-6-9-13)16-15(18(24)23(2)19(16)25)17(22-21)14-10-7-11-28-14/h4-11,15-17,22H,3,12H2,1-2H3/p+1/t15-,16+,17-,21+/m0/s1. The van der Waals surface area contributed by atoms with Crippen molar-refractivity contribution in [1.82, 2.24) is 4.90 Å². The highest BCUT2D eigenvalue weighted by molar-refractivity contribution is 7.10. The molecule has 2 fully saturated rings. The Morgan fingerprint density at radius 3 is 2.57 bits per heavy atom. The molecule has 28 heavy (non-hydrogen) atoms. The summed E-state index contributed by atoms with van der Waals surface area (Å²) in [4.78, 5) is 41.5. The quantitative estimate of drug-likeness (QED) is 0.604. The van der Waals surface area contributed by atoms with Crippen LogP contribution in [0.25, 0.3) is 0 Å². The van der Waals surface area contributed by atoms with Gasteiger partial charge in [0.15, 0.2) is 0 Å². The highest BCUT2D eigenvalue weighted by Crippen LogP contribution is 2.46. The van der Waals surface area contributed by atoms with Gasteiger partial charge in [0.25, 0.3) is 0 Å². The number of hydrogen-bond donors (Lipinski definition) is 1. The number of likely N-dealkylation sites (tertiary alicyclic amines) is 1. The average molecular weight is 399 g/mol. The van der Waals surface area contributed by atoms with Gasteiger partial charge in [0.1, 0.15) is 17.9 Å². The first-order valence-electron chi connectivity index (χ1n) is 9.41. The summed E-state index contributed by atoms with van der Waals surface area (Å²) in [5, 5.41) is 3.87. The predicted octanol–water partition coefficient (Wildman–Crippen LogP) is 1.14. The molecule has 0 radical (unpaired) electrons. The minimum Gasteiger partial charge on any atom is -0.461 e. The molecule has 2 aromatic rings. The van der Waals surface area contributed by atoms with Crippen molar-refractivity contribution in [2.24, 2.45) is 11.8 Å². The van der Waals surface area contributed by atoms with Gasteiger partial charge in [0, 0.05) is 13.5 Å². The minimum absolute atomic E-state index is 0.219. The summed E-state index contributed by atoms with van der Waals surface area (Å²) >= 11 is 1.54. The molecule has 2 N–H and O–H groups in total. The van der Waals surface area contributed by atoms with Crippen molar-refractivity contribution in [3.05, 3.63) is 58.3 Å². The van der Waals surface area contributed by atoms with Gasteiger partial charge in [-0.2, -0.15) is 0 Å². The van der Waals surface area contributed by atoms with Crippen LogP contribution in [0.15, 0.2) is 47.8 Å². The Morgan fingerprint density at radius 1 is 1.18 bits per heavy atom. The van der Waals surface area contributed by atoms with E-state index < -0.39 is 23.3 Å². The molecular formula is C21H23N2O4S+. The lowest BCUT2D eigenvalue weighted by molar-refractivity contribution is -0.733. The second-order valence-corrected chi connectivity index (χ2v) is 8.35. The molecule has 0 aliphatic carbocycles. The van der Waals surface area contributed by atoms with E-state index in [-0.39, 0.29) is 24.5 Å². The number of ether oxygens (including phenoxy) is 1. The molecule has 4 rings (SSSR count). The van der Waals surface area contributed by atoms with Crippen molar-refractivity contribution < 1.29 is 24.4 Å². The molecule has 0 bridgehead atoms. The maximum absolute atomic E-state index is 13.3. The molecule has 0 unspecified atom stereocenters. The largest absolute Gasteiger partial charge is 0.461 e. The van der Waals surface area contributed by atoms with E-state index in [1.165, 1.54) is 11.9 Å². The number of benzene rings is 1. The first kappa shape index (κ1) is 18.8. The number of imide groups is 1. The Morgan fingerprint density at radius 2 is 1.93 bits per heavy atom. The number of nitrogens with two attached hydrogens (primary N) is 1. The number of fused-ring (bicyclic) bond motifs is 1. The molecule has 1 aromatic heterocycles. The van der Waals surface area contributed by atoms with Gasteiger partial charge in [0.2, 0.25) is 17.4 Å². The van der Waals surface area contributed by atoms with Crippen LogP contribution >= 0.6 is 11.3 Å². The first-order chi connectivity index (χ1) is 13.5. The molecule has 0 spiro atoms. The Hall–Kier alpha value is -2.51. The summed E-state index contributed by atoms with van der Waals surface area (Å²) in [5.41, 5.74) is -0.221. The number of nitrogens with zero attached hydrogens (tertiary/aromatic N) is 1. The topological polar surface area (TPSA) is 80.3 Å². The lowest BCUT2D eigenvalue weighted by Crippen LogP contribution is -2.98. The summed E-state index contributed by atoms with van der Waals surface area (Å²) in [6, 6.07) is 13.2. The third kappa shape index (κ3) is 2.77. The van der Waals surface area contributed by atoms with Gasteiger partial charge in [-0.25, -0.2) is 4.79 Å². The van der Waals surface area contributed by atoms with Crippen LogP contribution < -0.4 is 5.32 Å². The van der Waals surface area contributed by atoms with E-state index in [0.717, 1.165) is 10.4 Å². The van der Waals surface area contributed by atoms with Crippen LogP contribution in [0.1, 0.15) is 23.4 Å². The first-order valence-corrected chi connectivity index (χ1v) is 10.3. The maximum Gasteiger partial charge on any atom is 0.369 e. The zero-order chi connectivity index (χ0) is 19.9. The normalized spacial score (nSPS) is 29.2.